The van der Waals surface area contributed by atoms with Crippen LogP contribution in [0.5, 0.6) is 0 Å². The van der Waals surface area contributed by atoms with E-state index >= 15 is 0 Å². The van der Waals surface area contributed by atoms with Crippen molar-refractivity contribution in [3.8, 4) is 0 Å². The van der Waals surface area contributed by atoms with Gasteiger partial charge in [0.1, 0.15) is 0 Å². The molecule has 20 heavy (non-hydrogen) atoms. The molecule has 0 bridgehead atoms. The van der Waals surface area contributed by atoms with Crippen LogP contribution in [0, 0.1) is 11.8 Å². The molecule has 1 aliphatic rings. The number of carboxylic acid groups (broad SMARTS) is 4. The molecule has 4 N–H and O–H groups in total. The Morgan fingerprint density at radius 1 is 0.750 bits per heavy atom. The van der Waals surface area contributed by atoms with Crippen LogP contribution in [-0.2, 0) is 19.2 Å². The van der Waals surface area contributed by atoms with E-state index < -0.39 is 35.7 Å². The molecule has 8 nitrogen and oxygen atoms in total. The highest BCUT2D eigenvalue weighted by molar-refractivity contribution is 5.75. The molecule has 0 aliphatic heterocycles. The summed E-state index contributed by atoms with van der Waals surface area (Å²) in [6.07, 6.45) is 1.67. The Balaban J connectivity index is 0.000000396. The van der Waals surface area contributed by atoms with Crippen molar-refractivity contribution in [3.05, 3.63) is 0 Å². The fourth-order valence-electron chi connectivity index (χ4n) is 1.85. The van der Waals surface area contributed by atoms with Gasteiger partial charge < -0.3 is 20.4 Å². The molecule has 0 aromatic carbocycles. The third-order valence-corrected chi connectivity index (χ3v) is 2.93. The summed E-state index contributed by atoms with van der Waals surface area (Å²) >= 11 is 0. The summed E-state index contributed by atoms with van der Waals surface area (Å²) in [7, 11) is 0. The molecule has 0 aromatic rings. The monoisotopic (exact) mass is 290 g/mol. The quantitative estimate of drug-likeness (QED) is 0.583. The Hall–Kier alpha value is -2.12. The number of hydrogen-bond donors (Lipinski definition) is 4. The van der Waals surface area contributed by atoms with E-state index in [1.165, 1.54) is 0 Å². The molecule has 1 rings (SSSR count). The molecular weight excluding hydrogens is 272 g/mol. The van der Waals surface area contributed by atoms with Crippen LogP contribution in [0.25, 0.3) is 0 Å². The van der Waals surface area contributed by atoms with Crippen LogP contribution in [0.3, 0.4) is 0 Å². The molecule has 0 spiro atoms. The fraction of sp³-hybridized carbons (Fsp3) is 0.667. The van der Waals surface area contributed by atoms with E-state index in [2.05, 4.69) is 0 Å². The molecule has 1 saturated carbocycles. The van der Waals surface area contributed by atoms with E-state index in [1.54, 1.807) is 0 Å². The molecule has 1 aliphatic carbocycles. The average Bonchev–Trinajstić information content (AvgIpc) is 2.37. The third-order valence-electron chi connectivity index (χ3n) is 2.93. The maximum Gasteiger partial charge on any atom is 0.306 e. The van der Waals surface area contributed by atoms with Gasteiger partial charge in [-0.15, -0.1) is 0 Å². The summed E-state index contributed by atoms with van der Waals surface area (Å²) in [6.45, 7) is 0. The van der Waals surface area contributed by atoms with E-state index in [-0.39, 0.29) is 12.8 Å². The normalized spacial score (nSPS) is 21.2. The fourth-order valence-corrected chi connectivity index (χ4v) is 1.85. The Labute approximate surface area is 115 Å². The molecule has 0 saturated heterocycles. The molecule has 1 fully saturated rings. The lowest BCUT2D eigenvalue weighted by atomic mass is 9.81. The highest BCUT2D eigenvalue weighted by Gasteiger charge is 2.30. The third kappa shape index (κ3) is 8.06. The van der Waals surface area contributed by atoms with Gasteiger partial charge in [0.25, 0.3) is 0 Å². The van der Waals surface area contributed by atoms with Crippen molar-refractivity contribution in [1.82, 2.24) is 0 Å². The number of hydrogen-bond acceptors (Lipinski definition) is 4. The summed E-state index contributed by atoms with van der Waals surface area (Å²) in [6, 6.07) is 0. The summed E-state index contributed by atoms with van der Waals surface area (Å²) < 4.78 is 0. The van der Waals surface area contributed by atoms with E-state index in [0.717, 1.165) is 0 Å². The van der Waals surface area contributed by atoms with Gasteiger partial charge in [-0.25, -0.2) is 0 Å². The highest BCUT2D eigenvalue weighted by Crippen LogP contribution is 2.29. The first-order chi connectivity index (χ1) is 9.23. The Morgan fingerprint density at radius 2 is 1.10 bits per heavy atom. The van der Waals surface area contributed by atoms with Crippen molar-refractivity contribution in [1.29, 1.82) is 0 Å². The van der Waals surface area contributed by atoms with E-state index in [1.807, 2.05) is 0 Å². The van der Waals surface area contributed by atoms with Crippen molar-refractivity contribution < 1.29 is 39.6 Å². The SMILES string of the molecule is O=C(O)C1CCCC(C(=O)O)C1.O=C(O)CCC(=O)O. The second-order valence-corrected chi connectivity index (χ2v) is 4.52. The topological polar surface area (TPSA) is 149 Å². The van der Waals surface area contributed by atoms with Crippen molar-refractivity contribution in [2.24, 2.45) is 11.8 Å². The summed E-state index contributed by atoms with van der Waals surface area (Å²) in [5, 5.41) is 33.1. The van der Waals surface area contributed by atoms with E-state index in [4.69, 9.17) is 20.4 Å². The summed E-state index contributed by atoms with van der Waals surface area (Å²) in [5.74, 6) is -4.76. The minimum atomic E-state index is -1.08. The van der Waals surface area contributed by atoms with Crippen LogP contribution in [0.2, 0.25) is 0 Å². The standard InChI is InChI=1S/C8H12O4.C4H6O4/c9-7(10)5-2-1-3-6(4-5)8(11)12;5-3(6)1-2-4(7)8/h5-6H,1-4H2,(H,9,10)(H,11,12);1-2H2,(H,5,6)(H,7,8). The van der Waals surface area contributed by atoms with Gasteiger partial charge in [-0.05, 0) is 19.3 Å². The van der Waals surface area contributed by atoms with Gasteiger partial charge in [-0.2, -0.15) is 0 Å². The maximum atomic E-state index is 10.5. The second-order valence-electron chi connectivity index (χ2n) is 4.52. The van der Waals surface area contributed by atoms with Crippen LogP contribution in [0.4, 0.5) is 0 Å². The molecule has 8 heteroatoms. The predicted molar refractivity (Wildman–Crippen MR) is 65.2 cm³/mol. The van der Waals surface area contributed by atoms with Crippen molar-refractivity contribution >= 4 is 23.9 Å². The molecule has 0 radical (unpaired) electrons. The number of aliphatic carboxylic acids is 4. The van der Waals surface area contributed by atoms with E-state index in [0.29, 0.717) is 25.7 Å². The van der Waals surface area contributed by atoms with E-state index in [9.17, 15) is 19.2 Å². The molecule has 0 amide bonds. The van der Waals surface area contributed by atoms with Crippen LogP contribution < -0.4 is 0 Å². The molecular formula is C12H18O8. The minimum absolute atomic E-state index is 0.296. The molecule has 114 valence electrons. The number of rotatable bonds is 5. The first-order valence-electron chi connectivity index (χ1n) is 6.13. The highest BCUT2D eigenvalue weighted by atomic mass is 16.4. The lowest BCUT2D eigenvalue weighted by Crippen LogP contribution is -2.26. The second kappa shape index (κ2) is 8.89. The summed E-state index contributed by atoms with van der Waals surface area (Å²) in [4.78, 5) is 40.3. The maximum absolute atomic E-state index is 10.5. The van der Waals surface area contributed by atoms with Gasteiger partial charge in [-0.3, -0.25) is 19.2 Å². The predicted octanol–water partition coefficient (Wildman–Crippen LogP) is 0.898. The largest absolute Gasteiger partial charge is 0.481 e. The van der Waals surface area contributed by atoms with Crippen LogP contribution >= 0.6 is 0 Å². The lowest BCUT2D eigenvalue weighted by Gasteiger charge is -2.23. The summed E-state index contributed by atoms with van der Waals surface area (Å²) in [5.41, 5.74) is 0. The number of carbonyl (C=O) groups is 4. The van der Waals surface area contributed by atoms with Gasteiger partial charge >= 0.3 is 23.9 Å². The Bertz CT molecular complexity index is 342. The van der Waals surface area contributed by atoms with Crippen molar-refractivity contribution in [3.63, 3.8) is 0 Å². The zero-order chi connectivity index (χ0) is 15.7. The first kappa shape index (κ1) is 17.9. The van der Waals surface area contributed by atoms with Crippen LogP contribution in [0.1, 0.15) is 38.5 Å². The Morgan fingerprint density at radius 3 is 1.35 bits per heavy atom. The van der Waals surface area contributed by atoms with Gasteiger partial charge in [0.2, 0.25) is 0 Å². The minimum Gasteiger partial charge on any atom is -0.481 e. The molecule has 2 atom stereocenters. The van der Waals surface area contributed by atoms with Crippen LogP contribution in [0.15, 0.2) is 0 Å². The van der Waals surface area contributed by atoms with Crippen molar-refractivity contribution in [2.45, 2.75) is 38.5 Å². The van der Waals surface area contributed by atoms with Gasteiger partial charge in [0.15, 0.2) is 0 Å². The van der Waals surface area contributed by atoms with Gasteiger partial charge in [0, 0.05) is 0 Å². The molecule has 0 heterocycles. The number of carboxylic acids is 4. The molecule has 0 aromatic heterocycles. The van der Waals surface area contributed by atoms with Gasteiger partial charge in [0.05, 0.1) is 24.7 Å². The lowest BCUT2D eigenvalue weighted by molar-refractivity contribution is -0.148. The first-order valence-corrected chi connectivity index (χ1v) is 6.13. The van der Waals surface area contributed by atoms with Gasteiger partial charge in [-0.1, -0.05) is 6.42 Å². The van der Waals surface area contributed by atoms with Crippen LogP contribution in [-0.4, -0.2) is 44.3 Å². The zero-order valence-corrected chi connectivity index (χ0v) is 10.8. The van der Waals surface area contributed by atoms with Crippen molar-refractivity contribution in [2.75, 3.05) is 0 Å². The molecule has 2 unspecified atom stereocenters. The Kier molecular flexibility index (Phi) is 7.95. The zero-order valence-electron chi connectivity index (χ0n) is 10.8. The smallest absolute Gasteiger partial charge is 0.306 e. The average molecular weight is 290 g/mol.